The maximum atomic E-state index is 13.0. The van der Waals surface area contributed by atoms with Crippen molar-refractivity contribution in [3.8, 4) is 0 Å². The predicted octanol–water partition coefficient (Wildman–Crippen LogP) is 19.3. The van der Waals surface area contributed by atoms with Crippen LogP contribution in [-0.4, -0.2) is 96.7 Å². The van der Waals surface area contributed by atoms with Crippen molar-refractivity contribution in [1.29, 1.82) is 0 Å². The molecule has 88 heavy (non-hydrogen) atoms. The van der Waals surface area contributed by atoms with Crippen LogP contribution >= 0.6 is 15.6 Å². The number of carbonyl (C=O) groups is 4. The molecular weight excluding hydrogens is 1160 g/mol. The molecule has 522 valence electrons. The molecule has 0 bridgehead atoms. The second kappa shape index (κ2) is 58.8. The number of aliphatic hydroxyl groups is 1. The van der Waals surface area contributed by atoms with Crippen molar-refractivity contribution in [2.45, 2.75) is 356 Å². The zero-order chi connectivity index (χ0) is 65.4. The lowest BCUT2D eigenvalue weighted by molar-refractivity contribution is -0.161. The summed E-state index contributed by atoms with van der Waals surface area (Å²) < 4.78 is 68.2. The summed E-state index contributed by atoms with van der Waals surface area (Å²) in [5.41, 5.74) is 0. The van der Waals surface area contributed by atoms with Gasteiger partial charge >= 0.3 is 39.5 Å². The number of aliphatic hydroxyl groups excluding tert-OH is 1. The Labute approximate surface area is 537 Å². The predicted molar refractivity (Wildman–Crippen MR) is 354 cm³/mol. The number of hydrogen-bond acceptors (Lipinski definition) is 15. The SMILES string of the molecule is CC(C)CCCCCCCCCCCCCCCC(=O)O[C@H](COC(=O)CCCCCCCCC(C)C)COP(=O)(O)OC[C@H](O)COP(=O)(O)OC[C@@H](COC(=O)CCCCCCCCCCCCC(C)C)OC(=O)CCCCCCCCCC(C)C. The second-order valence-corrected chi connectivity index (χ2v) is 29.7. The van der Waals surface area contributed by atoms with Crippen LogP contribution in [0.5, 0.6) is 0 Å². The molecule has 0 saturated heterocycles. The van der Waals surface area contributed by atoms with Crippen LogP contribution in [-0.2, 0) is 65.4 Å². The van der Waals surface area contributed by atoms with Crippen molar-refractivity contribution in [2.75, 3.05) is 39.6 Å². The molecular formula is C69H134O17P2. The smallest absolute Gasteiger partial charge is 0.462 e. The number of phosphoric acid groups is 2. The highest BCUT2D eigenvalue weighted by atomic mass is 31.2. The molecule has 0 aromatic heterocycles. The highest BCUT2D eigenvalue weighted by Crippen LogP contribution is 2.45. The standard InChI is InChI=1S/C69H134O17P2/c1-59(2)45-37-29-21-16-12-10-9-11-13-19-25-35-43-51-68(73)85-65(56-80-67(72)50-42-34-28-27-32-40-48-62(7)8)58-84-88(77,78)82-54-63(70)53-81-87(75,76)83-57-64(86-69(74)52-44-36-26-20-23-31-39-47-61(5)6)55-79-66(71)49-41-33-24-18-15-14-17-22-30-38-46-60(3)4/h59-65,70H,9-58H2,1-8H3,(H,75,76)(H,77,78)/t63-,64-,65-/m1/s1. The Morgan fingerprint density at radius 1 is 0.284 bits per heavy atom. The Kier molecular flexibility index (Phi) is 57.6. The third-order valence-electron chi connectivity index (χ3n) is 15.8. The third-order valence-corrected chi connectivity index (χ3v) is 17.7. The van der Waals surface area contributed by atoms with Crippen molar-refractivity contribution in [2.24, 2.45) is 23.7 Å². The number of phosphoric ester groups is 2. The van der Waals surface area contributed by atoms with Crippen molar-refractivity contribution >= 4 is 39.5 Å². The molecule has 0 amide bonds. The molecule has 2 unspecified atom stereocenters. The normalized spacial score (nSPS) is 14.3. The van der Waals surface area contributed by atoms with Crippen LogP contribution in [0.2, 0.25) is 0 Å². The minimum absolute atomic E-state index is 0.103. The van der Waals surface area contributed by atoms with Gasteiger partial charge in [-0.2, -0.15) is 0 Å². The average Bonchev–Trinajstić information content (AvgIpc) is 3.47. The van der Waals surface area contributed by atoms with Gasteiger partial charge in [0.1, 0.15) is 19.3 Å². The van der Waals surface area contributed by atoms with Gasteiger partial charge in [-0.3, -0.25) is 37.3 Å². The fraction of sp³-hybridized carbons (Fsp3) is 0.942. The monoisotopic (exact) mass is 1300 g/mol. The summed E-state index contributed by atoms with van der Waals surface area (Å²) in [6.07, 6.45) is 40.6. The Morgan fingerprint density at radius 3 is 0.705 bits per heavy atom. The Balaban J connectivity index is 5.22. The van der Waals surface area contributed by atoms with Crippen molar-refractivity contribution in [1.82, 2.24) is 0 Å². The number of carbonyl (C=O) groups excluding carboxylic acids is 4. The summed E-state index contributed by atoms with van der Waals surface area (Å²) in [6.45, 7) is 14.0. The Morgan fingerprint density at radius 2 is 0.477 bits per heavy atom. The van der Waals surface area contributed by atoms with E-state index < -0.39 is 97.5 Å². The van der Waals surface area contributed by atoms with Crippen LogP contribution in [0, 0.1) is 23.7 Å². The van der Waals surface area contributed by atoms with Gasteiger partial charge in [-0.05, 0) is 49.4 Å². The molecule has 17 nitrogen and oxygen atoms in total. The number of unbranched alkanes of at least 4 members (excludes halogenated alkanes) is 32. The molecule has 0 aliphatic rings. The van der Waals surface area contributed by atoms with Gasteiger partial charge in [-0.25, -0.2) is 9.13 Å². The molecule has 0 fully saturated rings. The number of ether oxygens (including phenoxy) is 4. The van der Waals surface area contributed by atoms with E-state index in [0.717, 1.165) is 108 Å². The molecule has 5 atom stereocenters. The number of rotatable bonds is 66. The first-order chi connectivity index (χ1) is 42.1. The topological polar surface area (TPSA) is 237 Å². The fourth-order valence-electron chi connectivity index (χ4n) is 10.3. The summed E-state index contributed by atoms with van der Waals surface area (Å²) in [6, 6.07) is 0. The van der Waals surface area contributed by atoms with Crippen molar-refractivity contribution < 1.29 is 80.2 Å². The largest absolute Gasteiger partial charge is 0.472 e. The Hall–Kier alpha value is -1.94. The average molecular weight is 1300 g/mol. The van der Waals surface area contributed by atoms with Gasteiger partial charge in [0.05, 0.1) is 26.4 Å². The van der Waals surface area contributed by atoms with Gasteiger partial charge in [-0.15, -0.1) is 0 Å². The van der Waals surface area contributed by atoms with E-state index in [1.54, 1.807) is 0 Å². The molecule has 0 aromatic carbocycles. The molecule has 0 spiro atoms. The van der Waals surface area contributed by atoms with Gasteiger partial charge in [-0.1, -0.05) is 287 Å². The Bertz CT molecular complexity index is 1750. The first-order valence-corrected chi connectivity index (χ1v) is 38.7. The van der Waals surface area contributed by atoms with Crippen molar-refractivity contribution in [3.05, 3.63) is 0 Å². The maximum Gasteiger partial charge on any atom is 0.472 e. The summed E-state index contributed by atoms with van der Waals surface area (Å²) in [5.74, 6) is 0.786. The molecule has 3 N–H and O–H groups in total. The lowest BCUT2D eigenvalue weighted by Crippen LogP contribution is -2.30. The van der Waals surface area contributed by atoms with Crippen LogP contribution in [0.15, 0.2) is 0 Å². The van der Waals surface area contributed by atoms with Crippen LogP contribution in [0.1, 0.15) is 338 Å². The lowest BCUT2D eigenvalue weighted by Gasteiger charge is -2.21. The molecule has 0 aliphatic heterocycles. The van der Waals surface area contributed by atoms with Gasteiger partial charge < -0.3 is 33.8 Å². The summed E-state index contributed by atoms with van der Waals surface area (Å²) >= 11 is 0. The van der Waals surface area contributed by atoms with Gasteiger partial charge in [0, 0.05) is 25.7 Å². The third kappa shape index (κ3) is 62.8. The molecule has 19 heteroatoms. The van der Waals surface area contributed by atoms with Crippen molar-refractivity contribution in [3.63, 3.8) is 0 Å². The van der Waals surface area contributed by atoms with E-state index in [1.165, 1.54) is 135 Å². The van der Waals surface area contributed by atoms with E-state index in [9.17, 15) is 43.2 Å². The van der Waals surface area contributed by atoms with E-state index in [2.05, 4.69) is 55.4 Å². The highest BCUT2D eigenvalue weighted by Gasteiger charge is 2.30. The van der Waals surface area contributed by atoms with Crippen LogP contribution < -0.4 is 0 Å². The van der Waals surface area contributed by atoms with E-state index in [-0.39, 0.29) is 25.7 Å². The summed E-state index contributed by atoms with van der Waals surface area (Å²) in [5, 5.41) is 10.6. The van der Waals surface area contributed by atoms with Gasteiger partial charge in [0.2, 0.25) is 0 Å². The zero-order valence-corrected chi connectivity index (χ0v) is 59.1. The first kappa shape index (κ1) is 86.1. The summed E-state index contributed by atoms with van der Waals surface area (Å²) in [7, 11) is -9.90. The lowest BCUT2D eigenvalue weighted by atomic mass is 10.0. The molecule has 0 radical (unpaired) electrons. The van der Waals surface area contributed by atoms with E-state index >= 15 is 0 Å². The van der Waals surface area contributed by atoms with E-state index in [0.29, 0.717) is 37.5 Å². The summed E-state index contributed by atoms with van der Waals surface area (Å²) in [4.78, 5) is 72.4. The molecule has 0 rings (SSSR count). The first-order valence-electron chi connectivity index (χ1n) is 35.7. The van der Waals surface area contributed by atoms with E-state index in [4.69, 9.17) is 37.0 Å². The fourth-order valence-corrected chi connectivity index (χ4v) is 11.9. The molecule has 0 heterocycles. The maximum absolute atomic E-state index is 13.0. The molecule has 0 saturated carbocycles. The van der Waals surface area contributed by atoms with Crippen LogP contribution in [0.4, 0.5) is 0 Å². The zero-order valence-electron chi connectivity index (χ0n) is 57.3. The minimum atomic E-state index is -4.95. The van der Waals surface area contributed by atoms with Gasteiger partial charge in [0.15, 0.2) is 12.2 Å². The van der Waals surface area contributed by atoms with Crippen LogP contribution in [0.3, 0.4) is 0 Å². The van der Waals surface area contributed by atoms with E-state index in [1.807, 2.05) is 0 Å². The van der Waals surface area contributed by atoms with Crippen LogP contribution in [0.25, 0.3) is 0 Å². The number of hydrogen-bond donors (Lipinski definition) is 3. The molecule has 0 aliphatic carbocycles. The quantitative estimate of drug-likeness (QED) is 0.0222. The highest BCUT2D eigenvalue weighted by molar-refractivity contribution is 7.47. The number of esters is 4. The minimum Gasteiger partial charge on any atom is -0.462 e. The molecule has 0 aromatic rings. The van der Waals surface area contributed by atoms with Gasteiger partial charge in [0.25, 0.3) is 0 Å². The second-order valence-electron chi connectivity index (χ2n) is 26.8.